The predicted octanol–water partition coefficient (Wildman–Crippen LogP) is 1.28. The number of hydrogen-bond acceptors (Lipinski definition) is 7. The van der Waals surface area contributed by atoms with Crippen LogP contribution in [-0.2, 0) is 4.74 Å². The summed E-state index contributed by atoms with van der Waals surface area (Å²) in [6, 6.07) is 9.19. The molecule has 2 fully saturated rings. The minimum absolute atomic E-state index is 0.0546. The number of nitrogens with zero attached hydrogens (tertiary/aromatic N) is 5. The lowest BCUT2D eigenvalue weighted by Crippen LogP contribution is -2.49. The van der Waals surface area contributed by atoms with Gasteiger partial charge in [-0.25, -0.2) is 4.98 Å². The first-order chi connectivity index (χ1) is 13.7. The molecule has 1 amide bonds. The van der Waals surface area contributed by atoms with E-state index in [0.29, 0.717) is 31.9 Å². The van der Waals surface area contributed by atoms with Gasteiger partial charge in [-0.2, -0.15) is 4.98 Å². The Morgan fingerprint density at radius 2 is 1.68 bits per heavy atom. The highest BCUT2D eigenvalue weighted by Gasteiger charge is 2.24. The Kier molecular flexibility index (Phi) is 5.57. The van der Waals surface area contributed by atoms with Gasteiger partial charge in [0.2, 0.25) is 5.95 Å². The quantitative estimate of drug-likeness (QED) is 0.788. The molecule has 2 aliphatic heterocycles. The van der Waals surface area contributed by atoms with Crippen LogP contribution < -0.4 is 14.5 Å². The SMILES string of the molecule is COc1ccc(C(=O)N2CCN(c3ccnc(N4CCOCC4)n3)CC2)cc1. The molecule has 148 valence electrons. The fourth-order valence-electron chi connectivity index (χ4n) is 3.49. The van der Waals surface area contributed by atoms with Crippen LogP contribution in [0.25, 0.3) is 0 Å². The molecule has 28 heavy (non-hydrogen) atoms. The number of amides is 1. The number of morpholine rings is 1. The van der Waals surface area contributed by atoms with Crippen molar-refractivity contribution < 1.29 is 14.3 Å². The monoisotopic (exact) mass is 383 g/mol. The maximum absolute atomic E-state index is 12.7. The molecule has 8 heteroatoms. The first kappa shape index (κ1) is 18.5. The standard InChI is InChI=1S/C20H25N5O3/c1-27-17-4-2-16(3-5-17)19(26)24-10-8-23(9-11-24)18-6-7-21-20(22-18)25-12-14-28-15-13-25/h2-7H,8-15H2,1H3. The van der Waals surface area contributed by atoms with E-state index in [0.717, 1.165) is 43.7 Å². The topological polar surface area (TPSA) is 71.0 Å². The molecule has 0 N–H and O–H groups in total. The molecule has 2 aliphatic rings. The molecule has 1 aromatic carbocycles. The minimum atomic E-state index is 0.0546. The van der Waals surface area contributed by atoms with E-state index >= 15 is 0 Å². The number of aromatic nitrogens is 2. The van der Waals surface area contributed by atoms with Gasteiger partial charge in [0.1, 0.15) is 11.6 Å². The molecule has 0 atom stereocenters. The second-order valence-electron chi connectivity index (χ2n) is 6.82. The molecule has 0 saturated carbocycles. The number of carbonyl (C=O) groups is 1. The summed E-state index contributed by atoms with van der Waals surface area (Å²) in [7, 11) is 1.62. The van der Waals surface area contributed by atoms with Crippen LogP contribution in [0.5, 0.6) is 5.75 Å². The van der Waals surface area contributed by atoms with Gasteiger partial charge in [0, 0.05) is 51.0 Å². The van der Waals surface area contributed by atoms with E-state index in [4.69, 9.17) is 14.5 Å². The smallest absolute Gasteiger partial charge is 0.253 e. The first-order valence-corrected chi connectivity index (χ1v) is 9.58. The highest BCUT2D eigenvalue weighted by Crippen LogP contribution is 2.19. The third kappa shape index (κ3) is 4.01. The summed E-state index contributed by atoms with van der Waals surface area (Å²) in [5.41, 5.74) is 0.686. The van der Waals surface area contributed by atoms with Gasteiger partial charge in [-0.3, -0.25) is 4.79 Å². The fraction of sp³-hybridized carbons (Fsp3) is 0.450. The first-order valence-electron chi connectivity index (χ1n) is 9.58. The Balaban J connectivity index is 1.37. The van der Waals surface area contributed by atoms with Gasteiger partial charge in [-0.15, -0.1) is 0 Å². The van der Waals surface area contributed by atoms with E-state index in [1.807, 2.05) is 41.4 Å². The lowest BCUT2D eigenvalue weighted by molar-refractivity contribution is 0.0746. The molecular weight excluding hydrogens is 358 g/mol. The van der Waals surface area contributed by atoms with Crippen LogP contribution in [0.4, 0.5) is 11.8 Å². The summed E-state index contributed by atoms with van der Waals surface area (Å²) in [4.78, 5) is 28.1. The number of benzene rings is 1. The molecule has 0 radical (unpaired) electrons. The van der Waals surface area contributed by atoms with Crippen LogP contribution in [-0.4, -0.2) is 80.4 Å². The number of ether oxygens (including phenoxy) is 2. The Bertz CT molecular complexity index is 800. The van der Waals surface area contributed by atoms with Crippen molar-refractivity contribution in [3.63, 3.8) is 0 Å². The normalized spacial score (nSPS) is 17.5. The Morgan fingerprint density at radius 1 is 0.964 bits per heavy atom. The average Bonchev–Trinajstić information content (AvgIpc) is 2.79. The Morgan fingerprint density at radius 3 is 2.36 bits per heavy atom. The zero-order valence-electron chi connectivity index (χ0n) is 16.1. The van der Waals surface area contributed by atoms with Crippen molar-refractivity contribution in [3.8, 4) is 5.75 Å². The molecule has 0 aliphatic carbocycles. The molecule has 2 aromatic rings. The van der Waals surface area contributed by atoms with Crippen molar-refractivity contribution in [2.24, 2.45) is 0 Å². The summed E-state index contributed by atoms with van der Waals surface area (Å²) in [5, 5.41) is 0. The zero-order valence-corrected chi connectivity index (χ0v) is 16.1. The van der Waals surface area contributed by atoms with Gasteiger partial charge in [0.15, 0.2) is 0 Å². The van der Waals surface area contributed by atoms with Crippen LogP contribution >= 0.6 is 0 Å². The number of rotatable bonds is 4. The van der Waals surface area contributed by atoms with E-state index in [1.54, 1.807) is 7.11 Å². The second kappa shape index (κ2) is 8.43. The van der Waals surface area contributed by atoms with E-state index < -0.39 is 0 Å². The van der Waals surface area contributed by atoms with Crippen LogP contribution in [0.1, 0.15) is 10.4 Å². The van der Waals surface area contributed by atoms with Crippen molar-refractivity contribution in [3.05, 3.63) is 42.1 Å². The lowest BCUT2D eigenvalue weighted by Gasteiger charge is -2.36. The second-order valence-corrected chi connectivity index (χ2v) is 6.82. The van der Waals surface area contributed by atoms with E-state index in [9.17, 15) is 4.79 Å². The third-order valence-corrected chi connectivity index (χ3v) is 5.15. The van der Waals surface area contributed by atoms with Crippen molar-refractivity contribution in [2.75, 3.05) is 69.4 Å². The lowest BCUT2D eigenvalue weighted by atomic mass is 10.1. The van der Waals surface area contributed by atoms with Gasteiger partial charge in [0.25, 0.3) is 5.91 Å². The van der Waals surface area contributed by atoms with Crippen molar-refractivity contribution in [1.29, 1.82) is 0 Å². The van der Waals surface area contributed by atoms with Crippen LogP contribution in [0.3, 0.4) is 0 Å². The molecular formula is C20H25N5O3. The van der Waals surface area contributed by atoms with Crippen LogP contribution in [0, 0.1) is 0 Å². The number of carbonyl (C=O) groups excluding carboxylic acids is 1. The van der Waals surface area contributed by atoms with Crippen molar-refractivity contribution >= 4 is 17.7 Å². The highest BCUT2D eigenvalue weighted by atomic mass is 16.5. The summed E-state index contributed by atoms with van der Waals surface area (Å²) >= 11 is 0. The molecule has 3 heterocycles. The van der Waals surface area contributed by atoms with Gasteiger partial charge in [0.05, 0.1) is 20.3 Å². The molecule has 0 bridgehead atoms. The number of anilines is 2. The van der Waals surface area contributed by atoms with E-state index in [2.05, 4.69) is 14.8 Å². The van der Waals surface area contributed by atoms with Gasteiger partial charge >= 0.3 is 0 Å². The average molecular weight is 383 g/mol. The summed E-state index contributed by atoms with van der Waals surface area (Å²) in [5.74, 6) is 2.46. The largest absolute Gasteiger partial charge is 0.497 e. The van der Waals surface area contributed by atoms with Crippen molar-refractivity contribution in [1.82, 2.24) is 14.9 Å². The molecule has 4 rings (SSSR count). The van der Waals surface area contributed by atoms with Crippen LogP contribution in [0.15, 0.2) is 36.5 Å². The summed E-state index contributed by atoms with van der Waals surface area (Å²) < 4.78 is 10.6. The molecule has 0 unspecified atom stereocenters. The fourth-order valence-corrected chi connectivity index (χ4v) is 3.49. The molecule has 8 nitrogen and oxygen atoms in total. The molecule has 0 spiro atoms. The Hall–Kier alpha value is -2.87. The predicted molar refractivity (Wildman–Crippen MR) is 106 cm³/mol. The maximum atomic E-state index is 12.7. The van der Waals surface area contributed by atoms with Gasteiger partial charge < -0.3 is 24.2 Å². The van der Waals surface area contributed by atoms with Gasteiger partial charge in [-0.05, 0) is 30.3 Å². The van der Waals surface area contributed by atoms with E-state index in [-0.39, 0.29) is 5.91 Å². The number of hydrogen-bond donors (Lipinski definition) is 0. The Labute approximate surface area is 164 Å². The highest BCUT2D eigenvalue weighted by molar-refractivity contribution is 5.94. The minimum Gasteiger partial charge on any atom is -0.497 e. The third-order valence-electron chi connectivity index (χ3n) is 5.15. The zero-order chi connectivity index (χ0) is 19.3. The molecule has 2 saturated heterocycles. The summed E-state index contributed by atoms with van der Waals surface area (Å²) in [6.45, 7) is 5.88. The summed E-state index contributed by atoms with van der Waals surface area (Å²) in [6.07, 6.45) is 1.81. The van der Waals surface area contributed by atoms with Crippen LogP contribution in [0.2, 0.25) is 0 Å². The molecule has 1 aromatic heterocycles. The number of piperazine rings is 1. The van der Waals surface area contributed by atoms with Crippen molar-refractivity contribution in [2.45, 2.75) is 0 Å². The van der Waals surface area contributed by atoms with E-state index in [1.165, 1.54) is 0 Å². The van der Waals surface area contributed by atoms with Gasteiger partial charge in [-0.1, -0.05) is 0 Å². The maximum Gasteiger partial charge on any atom is 0.253 e. The number of methoxy groups -OCH3 is 1.